The topological polar surface area (TPSA) is 61.9 Å². The van der Waals surface area contributed by atoms with Gasteiger partial charge in [0.1, 0.15) is 5.75 Å². The van der Waals surface area contributed by atoms with Crippen LogP contribution in [0.15, 0.2) is 24.3 Å². The summed E-state index contributed by atoms with van der Waals surface area (Å²) in [6, 6.07) is 7.37. The lowest BCUT2D eigenvalue weighted by Crippen LogP contribution is -2.36. The van der Waals surface area contributed by atoms with Crippen LogP contribution in [0.1, 0.15) is 20.3 Å². The number of ether oxygens (including phenoxy) is 1. The van der Waals surface area contributed by atoms with Crippen LogP contribution in [0.4, 0.5) is 5.69 Å². The number of nitrogens with one attached hydrogen (secondary N) is 1. The molecule has 0 bridgehead atoms. The molecule has 1 aromatic carbocycles. The molecule has 6 heteroatoms. The van der Waals surface area contributed by atoms with Crippen LogP contribution in [0, 0.1) is 0 Å². The lowest BCUT2D eigenvalue weighted by atomic mass is 10.2. The fraction of sp³-hybridized carbons (Fsp3) is 0.529. The van der Waals surface area contributed by atoms with E-state index in [1.54, 1.807) is 4.90 Å². The Hall–Kier alpha value is -2.08. The van der Waals surface area contributed by atoms with Gasteiger partial charge in [-0.25, -0.2) is 0 Å². The lowest BCUT2D eigenvalue weighted by molar-refractivity contribution is -0.121. The van der Waals surface area contributed by atoms with Crippen LogP contribution in [0.3, 0.4) is 0 Å². The van der Waals surface area contributed by atoms with E-state index in [1.807, 2.05) is 50.2 Å². The smallest absolute Gasteiger partial charge is 0.223 e. The van der Waals surface area contributed by atoms with Gasteiger partial charge in [0.05, 0.1) is 12.3 Å². The van der Waals surface area contributed by atoms with Crippen molar-refractivity contribution in [2.45, 2.75) is 20.3 Å². The zero-order chi connectivity index (χ0) is 17.2. The molecule has 0 saturated heterocycles. The van der Waals surface area contributed by atoms with Gasteiger partial charge in [0.15, 0.2) is 0 Å². The Morgan fingerprint density at radius 2 is 1.87 bits per heavy atom. The van der Waals surface area contributed by atoms with E-state index in [4.69, 9.17) is 4.74 Å². The molecule has 0 aliphatic heterocycles. The number of likely N-dealkylation sites (N-methyl/N-ethyl adjacent to an activating group) is 1. The standard InChI is InChI=1S/C17H27N3O3/c1-5-23-16-9-7-6-8-15(16)20(14(2)21)12-10-17(22)18-11-13-19(3)4/h6-9H,5,10-13H2,1-4H3,(H,18,22). The van der Waals surface area contributed by atoms with Crippen LogP contribution in [0.25, 0.3) is 0 Å². The Balaban J connectivity index is 2.66. The SMILES string of the molecule is CCOc1ccccc1N(CCC(=O)NCCN(C)C)C(C)=O. The van der Waals surface area contributed by atoms with Crippen LogP contribution in [0.5, 0.6) is 5.75 Å². The van der Waals surface area contributed by atoms with Crippen molar-refractivity contribution in [2.24, 2.45) is 0 Å². The van der Waals surface area contributed by atoms with Crippen molar-refractivity contribution in [3.05, 3.63) is 24.3 Å². The van der Waals surface area contributed by atoms with Gasteiger partial charge in [-0.05, 0) is 33.2 Å². The lowest BCUT2D eigenvalue weighted by Gasteiger charge is -2.23. The molecule has 0 aliphatic rings. The van der Waals surface area contributed by atoms with Crippen LogP contribution < -0.4 is 15.0 Å². The number of hydrogen-bond donors (Lipinski definition) is 1. The first-order chi connectivity index (χ1) is 11.0. The predicted molar refractivity (Wildman–Crippen MR) is 91.8 cm³/mol. The molecule has 128 valence electrons. The molecule has 1 aromatic rings. The molecule has 2 amide bonds. The minimum atomic E-state index is -0.113. The summed E-state index contributed by atoms with van der Waals surface area (Å²) in [7, 11) is 3.91. The summed E-state index contributed by atoms with van der Waals surface area (Å²) < 4.78 is 5.57. The summed E-state index contributed by atoms with van der Waals surface area (Å²) in [5.74, 6) is 0.475. The summed E-state index contributed by atoms with van der Waals surface area (Å²) in [4.78, 5) is 27.4. The summed E-state index contributed by atoms with van der Waals surface area (Å²) in [6.45, 7) is 5.62. The molecule has 23 heavy (non-hydrogen) atoms. The number of amides is 2. The normalized spacial score (nSPS) is 10.5. The van der Waals surface area contributed by atoms with Crippen molar-refractivity contribution < 1.29 is 14.3 Å². The van der Waals surface area contributed by atoms with Crippen LogP contribution in [-0.2, 0) is 9.59 Å². The number of benzene rings is 1. The Morgan fingerprint density at radius 3 is 2.48 bits per heavy atom. The van der Waals surface area contributed by atoms with Crippen LogP contribution in [0.2, 0.25) is 0 Å². The van der Waals surface area contributed by atoms with Gasteiger partial charge in [-0.2, -0.15) is 0 Å². The highest BCUT2D eigenvalue weighted by atomic mass is 16.5. The molecule has 0 spiro atoms. The van der Waals surface area contributed by atoms with Gasteiger partial charge >= 0.3 is 0 Å². The highest BCUT2D eigenvalue weighted by molar-refractivity contribution is 5.93. The van der Waals surface area contributed by atoms with Crippen LogP contribution in [-0.4, -0.2) is 57.1 Å². The maximum Gasteiger partial charge on any atom is 0.223 e. The molecule has 1 rings (SSSR count). The molecule has 0 atom stereocenters. The van der Waals surface area contributed by atoms with Crippen molar-refractivity contribution in [1.29, 1.82) is 0 Å². The van der Waals surface area contributed by atoms with Crippen LogP contribution >= 0.6 is 0 Å². The first kappa shape index (κ1) is 19.0. The van der Waals surface area contributed by atoms with Gasteiger partial charge in [-0.15, -0.1) is 0 Å². The highest BCUT2D eigenvalue weighted by Gasteiger charge is 2.17. The maximum atomic E-state index is 11.9. The van der Waals surface area contributed by atoms with Gasteiger partial charge < -0.3 is 19.9 Å². The highest BCUT2D eigenvalue weighted by Crippen LogP contribution is 2.28. The Kier molecular flexibility index (Phi) is 8.11. The molecular formula is C17H27N3O3. The molecule has 0 heterocycles. The third kappa shape index (κ3) is 6.69. The summed E-state index contributed by atoms with van der Waals surface area (Å²) >= 11 is 0. The van der Waals surface area contributed by atoms with E-state index < -0.39 is 0 Å². The average molecular weight is 321 g/mol. The molecule has 0 aliphatic carbocycles. The van der Waals surface area contributed by atoms with Crippen molar-refractivity contribution >= 4 is 17.5 Å². The van der Waals surface area contributed by atoms with Crippen molar-refractivity contribution in [3.8, 4) is 5.75 Å². The van der Waals surface area contributed by atoms with Gasteiger partial charge in [-0.1, -0.05) is 12.1 Å². The summed E-state index contributed by atoms with van der Waals surface area (Å²) in [6.07, 6.45) is 0.257. The molecular weight excluding hydrogens is 294 g/mol. The number of carbonyl (C=O) groups excluding carboxylic acids is 2. The van der Waals surface area contributed by atoms with E-state index in [9.17, 15) is 9.59 Å². The first-order valence-corrected chi connectivity index (χ1v) is 7.87. The van der Waals surface area contributed by atoms with Crippen molar-refractivity contribution in [1.82, 2.24) is 10.2 Å². The van der Waals surface area contributed by atoms with E-state index in [1.165, 1.54) is 6.92 Å². The maximum absolute atomic E-state index is 11.9. The molecule has 6 nitrogen and oxygen atoms in total. The largest absolute Gasteiger partial charge is 0.492 e. The number of anilines is 1. The van der Waals surface area contributed by atoms with Gasteiger partial charge in [0.25, 0.3) is 0 Å². The minimum absolute atomic E-state index is 0.0630. The van der Waals surface area contributed by atoms with E-state index in [2.05, 4.69) is 5.32 Å². The number of hydrogen-bond acceptors (Lipinski definition) is 4. The quantitative estimate of drug-likeness (QED) is 0.749. The number of carbonyl (C=O) groups is 2. The van der Waals surface area contributed by atoms with E-state index in [0.29, 0.717) is 31.1 Å². The number of para-hydroxylation sites is 2. The van der Waals surface area contributed by atoms with E-state index in [0.717, 1.165) is 6.54 Å². The molecule has 1 N–H and O–H groups in total. The first-order valence-electron chi connectivity index (χ1n) is 7.87. The van der Waals surface area contributed by atoms with Gasteiger partial charge in [0.2, 0.25) is 11.8 Å². The van der Waals surface area contributed by atoms with Crippen molar-refractivity contribution in [2.75, 3.05) is 45.2 Å². The number of rotatable bonds is 9. The van der Waals surface area contributed by atoms with E-state index in [-0.39, 0.29) is 18.2 Å². The second-order valence-corrected chi connectivity index (χ2v) is 5.47. The average Bonchev–Trinajstić information content (AvgIpc) is 2.48. The summed E-state index contributed by atoms with van der Waals surface area (Å²) in [5.41, 5.74) is 0.697. The molecule has 0 saturated carbocycles. The molecule has 0 aromatic heterocycles. The zero-order valence-electron chi connectivity index (χ0n) is 14.5. The number of nitrogens with zero attached hydrogens (tertiary/aromatic N) is 2. The third-order valence-corrected chi connectivity index (χ3v) is 3.28. The fourth-order valence-corrected chi connectivity index (χ4v) is 2.13. The van der Waals surface area contributed by atoms with Gasteiger partial charge in [0, 0.05) is 33.0 Å². The third-order valence-electron chi connectivity index (χ3n) is 3.28. The summed E-state index contributed by atoms with van der Waals surface area (Å²) in [5, 5.41) is 2.85. The van der Waals surface area contributed by atoms with Gasteiger partial charge in [-0.3, -0.25) is 9.59 Å². The second-order valence-electron chi connectivity index (χ2n) is 5.47. The molecule has 0 unspecified atom stereocenters. The zero-order valence-corrected chi connectivity index (χ0v) is 14.5. The predicted octanol–water partition coefficient (Wildman–Crippen LogP) is 1.51. The minimum Gasteiger partial charge on any atom is -0.492 e. The molecule has 0 radical (unpaired) electrons. The van der Waals surface area contributed by atoms with E-state index >= 15 is 0 Å². The molecule has 0 fully saturated rings. The van der Waals surface area contributed by atoms with Crippen molar-refractivity contribution in [3.63, 3.8) is 0 Å². The second kappa shape index (κ2) is 9.84. The Labute approximate surface area is 138 Å². The fourth-order valence-electron chi connectivity index (χ4n) is 2.13. The Bertz CT molecular complexity index is 518. The Morgan fingerprint density at radius 1 is 1.17 bits per heavy atom. The monoisotopic (exact) mass is 321 g/mol.